The van der Waals surface area contributed by atoms with Gasteiger partial charge in [0.05, 0.1) is 25.4 Å². The SMILES string of the molecule is CCCC/C=C\CCCCCCCC(=O)OCCCCCCCCCCCCCCCCCCCCCCCCCCC(=O)NC(CO)C(O)CCCCCCCCCCCCCCCCCCCCCCCCCCC. The van der Waals surface area contributed by atoms with E-state index in [2.05, 4.69) is 31.3 Å². The molecule has 6 nitrogen and oxygen atoms in total. The van der Waals surface area contributed by atoms with Crippen molar-refractivity contribution >= 4 is 11.9 Å². The van der Waals surface area contributed by atoms with E-state index in [-0.39, 0.29) is 18.5 Å². The van der Waals surface area contributed by atoms with E-state index in [0.29, 0.717) is 25.9 Å². The highest BCUT2D eigenvalue weighted by Crippen LogP contribution is 2.19. The van der Waals surface area contributed by atoms with Gasteiger partial charge in [0.25, 0.3) is 0 Å². The van der Waals surface area contributed by atoms with Crippen molar-refractivity contribution in [1.29, 1.82) is 0 Å². The van der Waals surface area contributed by atoms with Gasteiger partial charge in [-0.15, -0.1) is 0 Å². The summed E-state index contributed by atoms with van der Waals surface area (Å²) in [6, 6.07) is -0.541. The molecule has 0 spiro atoms. The first kappa shape index (κ1) is 75.6. The standard InChI is InChI=1S/C71H139NO5/c1-3-5-7-9-11-13-15-16-17-18-19-20-21-22-25-28-31-34-37-40-44-47-51-55-59-63-69(74)68(67-73)72-70(75)64-60-56-52-48-45-41-38-35-32-29-26-23-24-27-30-33-36-39-42-46-50-54-58-62-66-77-71(76)65-61-57-53-49-43-14-12-10-8-6-4-2/h10,12,68-69,73-74H,3-9,11,13-67H2,1-2H3,(H,72,75)/b12-10-. The molecule has 0 aromatic rings. The topological polar surface area (TPSA) is 95.9 Å². The molecular weight excluding hydrogens is 947 g/mol. The van der Waals surface area contributed by atoms with E-state index < -0.39 is 12.1 Å². The minimum Gasteiger partial charge on any atom is -0.466 e. The van der Waals surface area contributed by atoms with Crippen LogP contribution >= 0.6 is 0 Å². The van der Waals surface area contributed by atoms with Crippen molar-refractivity contribution in [2.75, 3.05) is 13.2 Å². The zero-order valence-corrected chi connectivity index (χ0v) is 52.5. The maximum atomic E-state index is 12.6. The van der Waals surface area contributed by atoms with Gasteiger partial charge in [-0.1, -0.05) is 360 Å². The van der Waals surface area contributed by atoms with E-state index in [4.69, 9.17) is 4.74 Å². The van der Waals surface area contributed by atoms with Gasteiger partial charge in [0.2, 0.25) is 5.91 Å². The summed E-state index contributed by atoms with van der Waals surface area (Å²) < 4.78 is 5.47. The molecule has 2 atom stereocenters. The third-order valence-corrected chi connectivity index (χ3v) is 16.8. The fraction of sp³-hybridized carbons (Fsp3) is 0.944. The lowest BCUT2D eigenvalue weighted by molar-refractivity contribution is -0.143. The first-order chi connectivity index (χ1) is 38.0. The van der Waals surface area contributed by atoms with Crippen molar-refractivity contribution in [1.82, 2.24) is 5.32 Å². The Labute approximate surface area is 482 Å². The Balaban J connectivity index is 3.37. The van der Waals surface area contributed by atoms with Gasteiger partial charge in [-0.05, 0) is 44.9 Å². The smallest absolute Gasteiger partial charge is 0.305 e. The van der Waals surface area contributed by atoms with Crippen LogP contribution in [0.25, 0.3) is 0 Å². The van der Waals surface area contributed by atoms with Crippen LogP contribution in [0.5, 0.6) is 0 Å². The van der Waals surface area contributed by atoms with Gasteiger partial charge in [-0.3, -0.25) is 9.59 Å². The molecule has 0 rings (SSSR count). The van der Waals surface area contributed by atoms with Gasteiger partial charge in [0, 0.05) is 12.8 Å². The Morgan fingerprint density at radius 2 is 0.623 bits per heavy atom. The quantitative estimate of drug-likeness (QED) is 0.0320. The van der Waals surface area contributed by atoms with E-state index in [1.54, 1.807) is 0 Å². The van der Waals surface area contributed by atoms with Gasteiger partial charge < -0.3 is 20.3 Å². The van der Waals surface area contributed by atoms with Gasteiger partial charge in [-0.2, -0.15) is 0 Å². The molecule has 0 heterocycles. The molecule has 458 valence electrons. The van der Waals surface area contributed by atoms with Crippen molar-refractivity contribution in [2.24, 2.45) is 0 Å². The number of aliphatic hydroxyl groups excluding tert-OH is 2. The summed E-state index contributed by atoms with van der Waals surface area (Å²) in [5.74, 6) is -0.0229. The summed E-state index contributed by atoms with van der Waals surface area (Å²) in [6.45, 7) is 4.96. The average Bonchev–Trinajstić information content (AvgIpc) is 3.43. The minimum atomic E-state index is -0.664. The highest BCUT2D eigenvalue weighted by atomic mass is 16.5. The number of carbonyl (C=O) groups is 2. The summed E-state index contributed by atoms with van der Waals surface area (Å²) in [5.41, 5.74) is 0. The van der Waals surface area contributed by atoms with Crippen LogP contribution < -0.4 is 5.32 Å². The molecule has 3 N–H and O–H groups in total. The highest BCUT2D eigenvalue weighted by Gasteiger charge is 2.20. The van der Waals surface area contributed by atoms with E-state index >= 15 is 0 Å². The Hall–Kier alpha value is -1.40. The van der Waals surface area contributed by atoms with Crippen molar-refractivity contribution in [3.05, 3.63) is 12.2 Å². The van der Waals surface area contributed by atoms with Crippen LogP contribution in [0, 0.1) is 0 Å². The van der Waals surface area contributed by atoms with Crippen LogP contribution in [0.1, 0.15) is 406 Å². The lowest BCUT2D eigenvalue weighted by Crippen LogP contribution is -2.45. The molecule has 0 radical (unpaired) electrons. The van der Waals surface area contributed by atoms with Crippen LogP contribution in [0.2, 0.25) is 0 Å². The van der Waals surface area contributed by atoms with Crippen LogP contribution in [0.3, 0.4) is 0 Å². The molecule has 0 aromatic heterocycles. The van der Waals surface area contributed by atoms with E-state index in [9.17, 15) is 19.8 Å². The van der Waals surface area contributed by atoms with Crippen LogP contribution in [-0.4, -0.2) is 47.4 Å². The zero-order valence-electron chi connectivity index (χ0n) is 52.5. The molecule has 0 aliphatic carbocycles. The fourth-order valence-electron chi connectivity index (χ4n) is 11.4. The molecule has 0 bridgehead atoms. The van der Waals surface area contributed by atoms with Crippen molar-refractivity contribution in [3.63, 3.8) is 0 Å². The molecule has 6 heteroatoms. The van der Waals surface area contributed by atoms with E-state index in [1.165, 1.54) is 327 Å². The Morgan fingerprint density at radius 1 is 0.351 bits per heavy atom. The summed E-state index contributed by atoms with van der Waals surface area (Å²) in [6.07, 6.45) is 82.6. The maximum absolute atomic E-state index is 12.6. The third kappa shape index (κ3) is 63.6. The van der Waals surface area contributed by atoms with Crippen LogP contribution in [0.4, 0.5) is 0 Å². The first-order valence-electron chi connectivity index (χ1n) is 35.4. The summed E-state index contributed by atoms with van der Waals surface area (Å²) >= 11 is 0. The Morgan fingerprint density at radius 3 is 0.961 bits per heavy atom. The number of unbranched alkanes of at least 4 members (excludes halogenated alkanes) is 54. The third-order valence-electron chi connectivity index (χ3n) is 16.8. The minimum absolute atomic E-state index is 0.00546. The Bertz CT molecular complexity index is 1160. The molecule has 2 unspecified atom stereocenters. The number of rotatable bonds is 67. The average molecular weight is 1090 g/mol. The van der Waals surface area contributed by atoms with Gasteiger partial charge in [0.1, 0.15) is 0 Å². The number of nitrogens with one attached hydrogen (secondary N) is 1. The van der Waals surface area contributed by atoms with Gasteiger partial charge in [-0.25, -0.2) is 0 Å². The second-order valence-electron chi connectivity index (χ2n) is 24.6. The molecule has 0 aliphatic rings. The highest BCUT2D eigenvalue weighted by molar-refractivity contribution is 5.76. The zero-order chi connectivity index (χ0) is 55.7. The Kier molecular flexibility index (Phi) is 65.9. The van der Waals surface area contributed by atoms with Crippen molar-refractivity contribution in [2.45, 2.75) is 418 Å². The van der Waals surface area contributed by atoms with Gasteiger partial charge in [0.15, 0.2) is 0 Å². The number of esters is 1. The predicted octanol–water partition coefficient (Wildman–Crippen LogP) is 22.8. The summed E-state index contributed by atoms with van der Waals surface area (Å²) in [7, 11) is 0. The number of amides is 1. The molecule has 1 amide bonds. The largest absolute Gasteiger partial charge is 0.466 e. The second kappa shape index (κ2) is 67.1. The predicted molar refractivity (Wildman–Crippen MR) is 338 cm³/mol. The number of hydrogen-bond acceptors (Lipinski definition) is 5. The monoisotopic (exact) mass is 1090 g/mol. The summed E-state index contributed by atoms with van der Waals surface area (Å²) in [5, 5.41) is 23.5. The van der Waals surface area contributed by atoms with Crippen molar-refractivity contribution < 1.29 is 24.5 Å². The number of hydrogen-bond donors (Lipinski definition) is 3. The van der Waals surface area contributed by atoms with E-state index in [0.717, 1.165) is 44.9 Å². The maximum Gasteiger partial charge on any atom is 0.305 e. The van der Waals surface area contributed by atoms with E-state index in [1.807, 2.05) is 0 Å². The molecule has 0 fully saturated rings. The molecule has 0 saturated carbocycles. The van der Waals surface area contributed by atoms with Crippen molar-refractivity contribution in [3.8, 4) is 0 Å². The molecular formula is C71H139NO5. The van der Waals surface area contributed by atoms with Crippen LogP contribution in [-0.2, 0) is 14.3 Å². The first-order valence-corrected chi connectivity index (χ1v) is 35.4. The number of allylic oxidation sites excluding steroid dienone is 2. The summed E-state index contributed by atoms with van der Waals surface area (Å²) in [4.78, 5) is 24.6. The molecule has 0 saturated heterocycles. The number of carbonyl (C=O) groups excluding carboxylic acids is 2. The second-order valence-corrected chi connectivity index (χ2v) is 24.6. The van der Waals surface area contributed by atoms with Gasteiger partial charge >= 0.3 is 5.97 Å². The molecule has 77 heavy (non-hydrogen) atoms. The number of aliphatic hydroxyl groups is 2. The lowest BCUT2D eigenvalue weighted by Gasteiger charge is -2.22. The molecule has 0 aliphatic heterocycles. The number of ether oxygens (including phenoxy) is 1. The lowest BCUT2D eigenvalue weighted by atomic mass is 10.0. The normalized spacial score (nSPS) is 12.5. The molecule has 0 aromatic carbocycles. The van der Waals surface area contributed by atoms with Crippen LogP contribution in [0.15, 0.2) is 12.2 Å². The fourth-order valence-corrected chi connectivity index (χ4v) is 11.4.